The molecule has 0 radical (unpaired) electrons. The Morgan fingerprint density at radius 1 is 1.05 bits per heavy atom. The fourth-order valence-corrected chi connectivity index (χ4v) is 7.14. The number of hydrogen-bond acceptors (Lipinski definition) is 9. The first-order chi connectivity index (χ1) is 21.5. The van der Waals surface area contributed by atoms with Crippen molar-refractivity contribution in [3.63, 3.8) is 0 Å². The number of benzene rings is 2. The van der Waals surface area contributed by atoms with Crippen LogP contribution in [0.2, 0.25) is 0 Å². The molecule has 1 aliphatic carbocycles. The summed E-state index contributed by atoms with van der Waals surface area (Å²) in [5, 5.41) is 2.61. The molecule has 0 spiro atoms. The number of likely N-dealkylation sites (N-methyl/N-ethyl adjacent to an activating group) is 1. The highest BCUT2D eigenvalue weighted by Crippen LogP contribution is 2.37. The zero-order chi connectivity index (χ0) is 30.5. The number of rotatable bonds is 10. The number of fused-ring (bicyclic) bond motifs is 2. The smallest absolute Gasteiger partial charge is 0.318 e. The van der Waals surface area contributed by atoms with Crippen molar-refractivity contribution in [1.82, 2.24) is 14.9 Å². The van der Waals surface area contributed by atoms with Crippen LogP contribution in [0.4, 0.5) is 11.5 Å². The van der Waals surface area contributed by atoms with Gasteiger partial charge in [-0.15, -0.1) is 0 Å². The molecule has 0 bridgehead atoms. The van der Waals surface area contributed by atoms with Gasteiger partial charge < -0.3 is 24.2 Å². The summed E-state index contributed by atoms with van der Waals surface area (Å²) in [5.41, 5.74) is 4.92. The van der Waals surface area contributed by atoms with Gasteiger partial charge in [-0.25, -0.2) is 9.98 Å². The Balaban J connectivity index is 1.24. The summed E-state index contributed by atoms with van der Waals surface area (Å²) < 4.78 is 11.4. The monoisotopic (exact) mass is 597 g/mol. The second-order valence-electron chi connectivity index (χ2n) is 12.6. The van der Waals surface area contributed by atoms with Crippen LogP contribution in [0.25, 0.3) is 10.8 Å². The summed E-state index contributed by atoms with van der Waals surface area (Å²) in [7, 11) is 6.08. The van der Waals surface area contributed by atoms with Crippen molar-refractivity contribution in [3.8, 4) is 6.01 Å². The summed E-state index contributed by atoms with van der Waals surface area (Å²) in [6.07, 6.45) is 7.46. The van der Waals surface area contributed by atoms with E-state index < -0.39 is 0 Å². The molecular formula is C35H47N7O2. The highest BCUT2D eigenvalue weighted by Gasteiger charge is 2.31. The molecule has 1 aromatic heterocycles. The normalized spacial score (nSPS) is 22.0. The predicted molar refractivity (Wildman–Crippen MR) is 178 cm³/mol. The van der Waals surface area contributed by atoms with E-state index in [4.69, 9.17) is 19.4 Å². The van der Waals surface area contributed by atoms with Crippen LogP contribution >= 0.6 is 0 Å². The van der Waals surface area contributed by atoms with Gasteiger partial charge in [0.1, 0.15) is 12.4 Å². The molecule has 44 heavy (non-hydrogen) atoms. The number of nitrogens with zero attached hydrogens (tertiary/aromatic N) is 7. The van der Waals surface area contributed by atoms with E-state index in [1.165, 1.54) is 34.0 Å². The van der Waals surface area contributed by atoms with E-state index in [0.29, 0.717) is 37.9 Å². The first-order valence-electron chi connectivity index (χ1n) is 16.3. The molecule has 9 nitrogen and oxygen atoms in total. The third kappa shape index (κ3) is 6.75. The number of ether oxygens (including phenoxy) is 2. The molecule has 0 amide bonds. The van der Waals surface area contributed by atoms with E-state index in [2.05, 4.69) is 88.1 Å². The van der Waals surface area contributed by atoms with Crippen LogP contribution < -0.4 is 14.5 Å². The molecule has 1 saturated carbocycles. The molecule has 0 unspecified atom stereocenters. The molecule has 3 aromatic rings. The Bertz CT molecular complexity index is 1490. The number of aryl methyl sites for hydroxylation is 1. The zero-order valence-corrected chi connectivity index (χ0v) is 26.8. The molecule has 9 heteroatoms. The average Bonchev–Trinajstić information content (AvgIpc) is 3.47. The van der Waals surface area contributed by atoms with Crippen LogP contribution in [0.3, 0.4) is 0 Å². The van der Waals surface area contributed by atoms with Crippen molar-refractivity contribution in [2.75, 3.05) is 63.9 Å². The molecular weight excluding hydrogens is 550 g/mol. The number of methoxy groups -OCH3 is 1. The van der Waals surface area contributed by atoms with Crippen molar-refractivity contribution >= 4 is 28.3 Å². The third-order valence-electron chi connectivity index (χ3n) is 9.80. The fraction of sp³-hybridized carbons (Fsp3) is 0.571. The van der Waals surface area contributed by atoms with Crippen molar-refractivity contribution in [3.05, 3.63) is 53.2 Å². The van der Waals surface area contributed by atoms with E-state index in [0.717, 1.165) is 69.7 Å². The van der Waals surface area contributed by atoms with Crippen LogP contribution in [-0.4, -0.2) is 93.1 Å². The lowest BCUT2D eigenvalue weighted by Gasteiger charge is -2.37. The van der Waals surface area contributed by atoms with Gasteiger partial charge in [-0.1, -0.05) is 30.3 Å². The Morgan fingerprint density at radius 2 is 1.86 bits per heavy atom. The highest BCUT2D eigenvalue weighted by atomic mass is 16.5. The highest BCUT2D eigenvalue weighted by molar-refractivity contribution is 5.97. The molecule has 1 atom stereocenters. The SMILES string of the molecule is COCCN=C=NC1CCC(N(C)c2nc(OC[C@@H]3CCCN3C)nc3c2CCN(c2cccc4cccc(C)c24)C3)CC1. The van der Waals surface area contributed by atoms with Crippen molar-refractivity contribution in [2.45, 2.75) is 76.5 Å². The molecule has 2 aromatic carbocycles. The summed E-state index contributed by atoms with van der Waals surface area (Å²) in [6, 6.07) is 17.7. The van der Waals surface area contributed by atoms with Crippen LogP contribution in [-0.2, 0) is 17.7 Å². The third-order valence-corrected chi connectivity index (χ3v) is 9.80. The lowest BCUT2D eigenvalue weighted by molar-refractivity contribution is 0.187. The molecule has 2 aliphatic heterocycles. The standard InChI is InChI=1S/C35H47N7O2/c1-25-8-5-9-26-10-6-12-32(33(25)26)42-20-17-30-31(22-42)38-35(44-23-29-11-7-19-40(29)2)39-34(30)41(3)28-15-13-27(14-16-28)37-24-36-18-21-43-4/h5-6,8-10,12,27-29H,7,11,13-23H2,1-4H3/t27?,28?,29-/m0/s1. The number of anilines is 2. The Labute approximate surface area is 262 Å². The van der Waals surface area contributed by atoms with Crippen LogP contribution in [0.15, 0.2) is 46.4 Å². The van der Waals surface area contributed by atoms with Gasteiger partial charge in [0.25, 0.3) is 0 Å². The minimum absolute atomic E-state index is 0.283. The van der Waals surface area contributed by atoms with Crippen LogP contribution in [0.1, 0.15) is 55.3 Å². The number of likely N-dealkylation sites (tertiary alicyclic amines) is 1. The first-order valence-corrected chi connectivity index (χ1v) is 16.3. The molecule has 234 valence electrons. The van der Waals surface area contributed by atoms with E-state index in [9.17, 15) is 0 Å². The van der Waals surface area contributed by atoms with Crippen molar-refractivity contribution < 1.29 is 9.47 Å². The maximum Gasteiger partial charge on any atom is 0.318 e. The minimum Gasteiger partial charge on any atom is -0.462 e. The average molecular weight is 598 g/mol. The van der Waals surface area contributed by atoms with E-state index in [1.807, 2.05) is 0 Å². The Morgan fingerprint density at radius 3 is 2.64 bits per heavy atom. The molecule has 0 N–H and O–H groups in total. The molecule has 2 fully saturated rings. The minimum atomic E-state index is 0.283. The van der Waals surface area contributed by atoms with Gasteiger partial charge in [0.05, 0.1) is 37.4 Å². The second kappa shape index (κ2) is 14.1. The van der Waals surface area contributed by atoms with E-state index in [1.54, 1.807) is 7.11 Å². The Kier molecular flexibility index (Phi) is 9.75. The quantitative estimate of drug-likeness (QED) is 0.224. The second-order valence-corrected chi connectivity index (χ2v) is 12.6. The fourth-order valence-electron chi connectivity index (χ4n) is 7.14. The van der Waals surface area contributed by atoms with Gasteiger partial charge in [-0.05, 0) is 82.5 Å². The lowest BCUT2D eigenvalue weighted by atomic mass is 9.90. The predicted octanol–water partition coefficient (Wildman–Crippen LogP) is 5.54. The maximum absolute atomic E-state index is 6.37. The van der Waals surface area contributed by atoms with E-state index >= 15 is 0 Å². The molecule has 3 heterocycles. The number of aromatic nitrogens is 2. The van der Waals surface area contributed by atoms with Gasteiger partial charge >= 0.3 is 6.01 Å². The van der Waals surface area contributed by atoms with Gasteiger partial charge in [0.15, 0.2) is 0 Å². The molecule has 6 rings (SSSR count). The maximum atomic E-state index is 6.37. The Hall–Kier alpha value is -3.52. The van der Waals surface area contributed by atoms with E-state index in [-0.39, 0.29) is 6.04 Å². The summed E-state index contributed by atoms with van der Waals surface area (Å²) in [6.45, 7) is 6.84. The van der Waals surface area contributed by atoms with Crippen molar-refractivity contribution in [1.29, 1.82) is 0 Å². The molecule has 1 saturated heterocycles. The number of aliphatic imine (C=N–C) groups is 2. The topological polar surface area (TPSA) is 78.7 Å². The van der Waals surface area contributed by atoms with Gasteiger partial charge in [-0.3, -0.25) is 0 Å². The van der Waals surface area contributed by atoms with Crippen LogP contribution in [0, 0.1) is 6.92 Å². The van der Waals surface area contributed by atoms with Crippen molar-refractivity contribution in [2.24, 2.45) is 9.98 Å². The first kappa shape index (κ1) is 30.5. The van der Waals surface area contributed by atoms with Crippen LogP contribution in [0.5, 0.6) is 6.01 Å². The lowest BCUT2D eigenvalue weighted by Crippen LogP contribution is -2.39. The van der Waals surface area contributed by atoms with Gasteiger partial charge in [0.2, 0.25) is 0 Å². The number of hydrogen-bond donors (Lipinski definition) is 0. The summed E-state index contributed by atoms with van der Waals surface area (Å²) in [5.74, 6) is 1.03. The van der Waals surface area contributed by atoms with Gasteiger partial charge in [-0.2, -0.15) is 9.97 Å². The molecule has 3 aliphatic rings. The van der Waals surface area contributed by atoms with Gasteiger partial charge in [0, 0.05) is 49.4 Å². The zero-order valence-electron chi connectivity index (χ0n) is 26.8. The largest absolute Gasteiger partial charge is 0.462 e. The summed E-state index contributed by atoms with van der Waals surface area (Å²) in [4.78, 5) is 26.3. The summed E-state index contributed by atoms with van der Waals surface area (Å²) >= 11 is 0.